The number of anilines is 1. The maximum Gasteiger partial charge on any atom is 0.273 e. The number of nitrogens with zero attached hydrogens (tertiary/aromatic N) is 2. The monoisotopic (exact) mass is 271 g/mol. The summed E-state index contributed by atoms with van der Waals surface area (Å²) < 4.78 is 0. The van der Waals surface area contributed by atoms with E-state index in [2.05, 4.69) is 15.3 Å². The van der Waals surface area contributed by atoms with Gasteiger partial charge in [0, 0.05) is 24.5 Å². The summed E-state index contributed by atoms with van der Waals surface area (Å²) in [5.74, 6) is -0.882. The van der Waals surface area contributed by atoms with E-state index in [1.165, 1.54) is 12.4 Å². The first-order chi connectivity index (χ1) is 9.58. The molecule has 20 heavy (non-hydrogen) atoms. The van der Waals surface area contributed by atoms with Crippen LogP contribution in [-0.2, 0) is 6.54 Å². The van der Waals surface area contributed by atoms with E-state index in [9.17, 15) is 9.59 Å². The summed E-state index contributed by atoms with van der Waals surface area (Å²) in [6.45, 7) is 0.232. The summed E-state index contributed by atoms with van der Waals surface area (Å²) in [7, 11) is 0. The Labute approximate surface area is 115 Å². The van der Waals surface area contributed by atoms with Crippen molar-refractivity contribution in [1.29, 1.82) is 0 Å². The summed E-state index contributed by atoms with van der Waals surface area (Å²) in [6.07, 6.45) is 2.79. The molecule has 102 valence electrons. The molecule has 2 amide bonds. The minimum Gasteiger partial charge on any atom is -0.382 e. The van der Waals surface area contributed by atoms with Gasteiger partial charge in [0.25, 0.3) is 5.91 Å². The van der Waals surface area contributed by atoms with E-state index in [4.69, 9.17) is 11.5 Å². The van der Waals surface area contributed by atoms with Crippen LogP contribution in [0.15, 0.2) is 36.7 Å². The van der Waals surface area contributed by atoms with Crippen LogP contribution in [-0.4, -0.2) is 21.8 Å². The van der Waals surface area contributed by atoms with Crippen molar-refractivity contribution in [2.45, 2.75) is 6.54 Å². The van der Waals surface area contributed by atoms with Gasteiger partial charge in [-0.2, -0.15) is 0 Å². The molecular formula is C13H13N5O2. The van der Waals surface area contributed by atoms with Gasteiger partial charge in [-0.15, -0.1) is 0 Å². The third kappa shape index (κ3) is 3.08. The number of primary amides is 1. The predicted molar refractivity (Wildman–Crippen MR) is 72.6 cm³/mol. The first-order valence-corrected chi connectivity index (χ1v) is 5.81. The minimum absolute atomic E-state index is 0.0656. The van der Waals surface area contributed by atoms with Gasteiger partial charge in [0.05, 0.1) is 0 Å². The van der Waals surface area contributed by atoms with Gasteiger partial charge < -0.3 is 16.8 Å². The fourth-order valence-corrected chi connectivity index (χ4v) is 1.62. The topological polar surface area (TPSA) is 124 Å². The number of benzene rings is 1. The molecule has 1 aromatic heterocycles. The number of nitrogens with two attached hydrogens (primary N) is 2. The number of hydrogen-bond acceptors (Lipinski definition) is 5. The van der Waals surface area contributed by atoms with Crippen LogP contribution in [0.3, 0.4) is 0 Å². The molecule has 1 heterocycles. The summed E-state index contributed by atoms with van der Waals surface area (Å²) in [5.41, 5.74) is 11.9. The fourth-order valence-electron chi connectivity index (χ4n) is 1.62. The third-order valence-corrected chi connectivity index (χ3v) is 2.61. The highest BCUT2D eigenvalue weighted by molar-refractivity contribution is 5.96. The molecule has 0 saturated carbocycles. The maximum atomic E-state index is 11.9. The van der Waals surface area contributed by atoms with Crippen LogP contribution in [0.1, 0.15) is 26.4 Å². The molecule has 2 aromatic rings. The van der Waals surface area contributed by atoms with Crippen LogP contribution in [0.4, 0.5) is 5.82 Å². The summed E-state index contributed by atoms with van der Waals surface area (Å²) in [5, 5.41) is 2.65. The number of carbonyl (C=O) groups is 2. The molecule has 7 heteroatoms. The number of carbonyl (C=O) groups excluding carboxylic acids is 2. The molecule has 0 bridgehead atoms. The molecule has 7 nitrogen and oxygen atoms in total. The second kappa shape index (κ2) is 5.79. The minimum atomic E-state index is -0.517. The average Bonchev–Trinajstić information content (AvgIpc) is 2.45. The summed E-state index contributed by atoms with van der Waals surface area (Å²) in [6, 6.07) is 6.68. The highest BCUT2D eigenvalue weighted by atomic mass is 16.2. The van der Waals surface area contributed by atoms with E-state index in [1.807, 2.05) is 0 Å². The number of nitrogens with one attached hydrogen (secondary N) is 1. The second-order valence-corrected chi connectivity index (χ2v) is 4.04. The zero-order valence-corrected chi connectivity index (χ0v) is 10.5. The highest BCUT2D eigenvalue weighted by Crippen LogP contribution is 2.06. The van der Waals surface area contributed by atoms with E-state index in [0.717, 1.165) is 5.56 Å². The Bertz CT molecular complexity index is 657. The molecule has 0 atom stereocenters. The van der Waals surface area contributed by atoms with Crippen LogP contribution < -0.4 is 16.8 Å². The van der Waals surface area contributed by atoms with Gasteiger partial charge >= 0.3 is 0 Å². The van der Waals surface area contributed by atoms with Crippen molar-refractivity contribution < 1.29 is 9.59 Å². The SMILES string of the molecule is NC(=O)c1cccc(CNC(=O)c2nccnc2N)c1. The van der Waals surface area contributed by atoms with E-state index >= 15 is 0 Å². The van der Waals surface area contributed by atoms with Gasteiger partial charge in [0.1, 0.15) is 0 Å². The first kappa shape index (κ1) is 13.5. The van der Waals surface area contributed by atoms with Crippen molar-refractivity contribution in [3.05, 3.63) is 53.5 Å². The van der Waals surface area contributed by atoms with Crippen LogP contribution in [0.2, 0.25) is 0 Å². The van der Waals surface area contributed by atoms with E-state index in [0.29, 0.717) is 5.56 Å². The Morgan fingerprint density at radius 1 is 1.20 bits per heavy atom. The van der Waals surface area contributed by atoms with Crippen LogP contribution in [0.5, 0.6) is 0 Å². The molecule has 0 aliphatic heterocycles. The van der Waals surface area contributed by atoms with Crippen LogP contribution in [0, 0.1) is 0 Å². The lowest BCUT2D eigenvalue weighted by molar-refractivity contribution is 0.0946. The number of hydrogen-bond donors (Lipinski definition) is 3. The Morgan fingerprint density at radius 2 is 1.95 bits per heavy atom. The van der Waals surface area contributed by atoms with Gasteiger partial charge in [0.2, 0.25) is 5.91 Å². The molecule has 0 unspecified atom stereocenters. The summed E-state index contributed by atoms with van der Waals surface area (Å²) in [4.78, 5) is 30.6. The summed E-state index contributed by atoms with van der Waals surface area (Å²) >= 11 is 0. The molecule has 0 spiro atoms. The quantitative estimate of drug-likeness (QED) is 0.726. The molecule has 2 rings (SSSR count). The van der Waals surface area contributed by atoms with Crippen LogP contribution in [0.25, 0.3) is 0 Å². The maximum absolute atomic E-state index is 11.9. The van der Waals surface area contributed by atoms with E-state index in [-0.39, 0.29) is 18.1 Å². The number of aromatic nitrogens is 2. The van der Waals surface area contributed by atoms with Crippen molar-refractivity contribution in [2.75, 3.05) is 5.73 Å². The van der Waals surface area contributed by atoms with Gasteiger partial charge in [-0.1, -0.05) is 12.1 Å². The highest BCUT2D eigenvalue weighted by Gasteiger charge is 2.11. The van der Waals surface area contributed by atoms with E-state index in [1.54, 1.807) is 24.3 Å². The lowest BCUT2D eigenvalue weighted by Crippen LogP contribution is -2.25. The van der Waals surface area contributed by atoms with Gasteiger partial charge in [-0.25, -0.2) is 9.97 Å². The first-order valence-electron chi connectivity index (χ1n) is 5.81. The normalized spacial score (nSPS) is 10.0. The molecular weight excluding hydrogens is 258 g/mol. The smallest absolute Gasteiger partial charge is 0.273 e. The van der Waals surface area contributed by atoms with Gasteiger partial charge in [-0.3, -0.25) is 9.59 Å². The average molecular weight is 271 g/mol. The van der Waals surface area contributed by atoms with Crippen molar-refractivity contribution >= 4 is 17.6 Å². The van der Waals surface area contributed by atoms with Gasteiger partial charge in [-0.05, 0) is 17.7 Å². The molecule has 0 aliphatic carbocycles. The predicted octanol–water partition coefficient (Wildman–Crippen LogP) is 0.0877. The number of nitrogen functional groups attached to an aromatic ring is 1. The second-order valence-electron chi connectivity index (χ2n) is 4.04. The molecule has 0 aliphatic rings. The van der Waals surface area contributed by atoms with Crippen LogP contribution >= 0.6 is 0 Å². The van der Waals surface area contributed by atoms with Crippen molar-refractivity contribution in [3.8, 4) is 0 Å². The zero-order chi connectivity index (χ0) is 14.5. The Hall–Kier alpha value is -2.96. The number of rotatable bonds is 4. The van der Waals surface area contributed by atoms with Crippen molar-refractivity contribution in [2.24, 2.45) is 5.73 Å². The fraction of sp³-hybridized carbons (Fsp3) is 0.0769. The Balaban J connectivity index is 2.06. The number of amides is 2. The molecule has 0 radical (unpaired) electrons. The third-order valence-electron chi connectivity index (χ3n) is 2.61. The lowest BCUT2D eigenvalue weighted by atomic mass is 10.1. The lowest BCUT2D eigenvalue weighted by Gasteiger charge is -2.06. The van der Waals surface area contributed by atoms with Gasteiger partial charge in [0.15, 0.2) is 11.5 Å². The molecule has 5 N–H and O–H groups in total. The Kier molecular flexibility index (Phi) is 3.90. The van der Waals surface area contributed by atoms with E-state index < -0.39 is 11.8 Å². The van der Waals surface area contributed by atoms with Crippen molar-refractivity contribution in [1.82, 2.24) is 15.3 Å². The zero-order valence-electron chi connectivity index (χ0n) is 10.5. The molecule has 1 aromatic carbocycles. The Morgan fingerprint density at radius 3 is 2.65 bits per heavy atom. The molecule has 0 fully saturated rings. The van der Waals surface area contributed by atoms with Crippen molar-refractivity contribution in [3.63, 3.8) is 0 Å². The largest absolute Gasteiger partial charge is 0.382 e. The standard InChI is InChI=1S/C13H13N5O2/c14-11-10(16-4-5-17-11)13(20)18-7-8-2-1-3-9(6-8)12(15)19/h1-6H,7H2,(H2,14,17)(H2,15,19)(H,18,20). The molecule has 0 saturated heterocycles.